The summed E-state index contributed by atoms with van der Waals surface area (Å²) >= 11 is 13.7. The van der Waals surface area contributed by atoms with E-state index in [0.29, 0.717) is 23.1 Å². The number of carbonyl (C=O) groups is 1. The van der Waals surface area contributed by atoms with Crippen LogP contribution in [0, 0.1) is 0 Å². The highest BCUT2D eigenvalue weighted by atomic mass is 35.5. The number of thioether (sulfide) groups is 1. The molecule has 1 aliphatic heterocycles. The number of anilines is 1. The second-order valence-corrected chi connectivity index (χ2v) is 8.18. The highest BCUT2D eigenvalue weighted by Crippen LogP contribution is 2.29. The molecule has 0 aromatic heterocycles. The minimum Gasteiger partial charge on any atom is -0.494 e. The zero-order valence-electron chi connectivity index (χ0n) is 14.4. The lowest BCUT2D eigenvalue weighted by Crippen LogP contribution is -2.18. The van der Waals surface area contributed by atoms with E-state index >= 15 is 0 Å². The highest BCUT2D eigenvalue weighted by Gasteiger charge is 2.14. The average Bonchev–Trinajstić information content (AvgIpc) is 2.64. The number of halogens is 2. The number of hydrogen-bond acceptors (Lipinski definition) is 3. The van der Waals surface area contributed by atoms with Gasteiger partial charge in [-0.25, -0.2) is 0 Å². The molecule has 1 amide bonds. The van der Waals surface area contributed by atoms with Crippen molar-refractivity contribution in [3.63, 3.8) is 0 Å². The van der Waals surface area contributed by atoms with E-state index in [1.54, 1.807) is 11.8 Å². The number of fused-ring (bicyclic) bond motifs is 1. The van der Waals surface area contributed by atoms with Gasteiger partial charge in [0.1, 0.15) is 5.75 Å². The van der Waals surface area contributed by atoms with Crippen molar-refractivity contribution in [2.24, 2.45) is 0 Å². The Hall–Kier alpha value is -1.36. The molecule has 1 N–H and O–H groups in total. The van der Waals surface area contributed by atoms with Crippen LogP contribution in [-0.2, 0) is 11.2 Å². The number of nitrogens with one attached hydrogen (secondary N) is 1. The summed E-state index contributed by atoms with van der Waals surface area (Å²) in [6, 6.07) is 11.6. The first-order valence-electron chi connectivity index (χ1n) is 8.75. The zero-order valence-corrected chi connectivity index (χ0v) is 16.7. The van der Waals surface area contributed by atoms with Gasteiger partial charge in [0.2, 0.25) is 5.91 Å². The molecule has 2 aromatic rings. The van der Waals surface area contributed by atoms with Crippen LogP contribution >= 0.6 is 35.0 Å². The smallest absolute Gasteiger partial charge is 0.224 e. The predicted octanol–water partition coefficient (Wildman–Crippen LogP) is 6.22. The lowest BCUT2D eigenvalue weighted by molar-refractivity contribution is -0.116. The quantitative estimate of drug-likeness (QED) is 0.415. The first-order chi connectivity index (χ1) is 12.6. The molecule has 0 bridgehead atoms. The largest absolute Gasteiger partial charge is 0.494 e. The van der Waals surface area contributed by atoms with Crippen LogP contribution in [0.25, 0.3) is 0 Å². The fourth-order valence-corrected chi connectivity index (χ4v) is 4.09. The molecule has 0 unspecified atom stereocenters. The maximum atomic E-state index is 11.4. The number of ether oxygens (including phenoxy) is 1. The van der Waals surface area contributed by atoms with Crippen molar-refractivity contribution in [3.8, 4) is 5.75 Å². The number of rotatable bonds is 8. The summed E-state index contributed by atoms with van der Waals surface area (Å²) < 4.78 is 5.84. The number of aryl methyl sites for hydroxylation is 1. The zero-order chi connectivity index (χ0) is 18.4. The van der Waals surface area contributed by atoms with E-state index in [-0.39, 0.29) is 5.91 Å². The number of unbranched alkanes of at least 4 members (excludes halogenated alkanes) is 2. The van der Waals surface area contributed by atoms with Gasteiger partial charge in [0.25, 0.3) is 0 Å². The molecule has 0 spiro atoms. The third-order valence-electron chi connectivity index (χ3n) is 4.19. The molecule has 1 aliphatic rings. The lowest BCUT2D eigenvalue weighted by Gasteiger charge is -2.17. The van der Waals surface area contributed by atoms with E-state index in [9.17, 15) is 4.79 Å². The van der Waals surface area contributed by atoms with Crippen LogP contribution in [0.3, 0.4) is 0 Å². The molecule has 1 heterocycles. The molecule has 0 atom stereocenters. The Bertz CT molecular complexity index is 782. The Morgan fingerprint density at radius 1 is 1.00 bits per heavy atom. The van der Waals surface area contributed by atoms with Crippen molar-refractivity contribution >= 4 is 46.6 Å². The van der Waals surface area contributed by atoms with Crippen LogP contribution in [0.1, 0.15) is 31.2 Å². The second kappa shape index (κ2) is 9.54. The van der Waals surface area contributed by atoms with E-state index in [0.717, 1.165) is 53.3 Å². The fraction of sp³-hybridized carbons (Fsp3) is 0.350. The highest BCUT2D eigenvalue weighted by molar-refractivity contribution is 7.99. The standard InChI is InChI=1S/C20H21Cl2NO2S/c21-17-7-6-16(13-18(17)22)26-11-3-1-2-10-25-15-5-8-19-14(12-15)4-9-20(24)23-19/h5-8,12-13H,1-4,9-11H2,(H,23,24). The summed E-state index contributed by atoms with van der Waals surface area (Å²) in [5.41, 5.74) is 2.06. The number of hydrogen-bond donors (Lipinski definition) is 1. The van der Waals surface area contributed by atoms with Crippen LogP contribution in [0.15, 0.2) is 41.3 Å². The van der Waals surface area contributed by atoms with Gasteiger partial charge in [0.05, 0.1) is 16.7 Å². The van der Waals surface area contributed by atoms with Gasteiger partial charge in [0, 0.05) is 17.0 Å². The lowest BCUT2D eigenvalue weighted by atomic mass is 10.0. The first-order valence-corrected chi connectivity index (χ1v) is 10.5. The minimum atomic E-state index is 0.0879. The number of benzene rings is 2. The van der Waals surface area contributed by atoms with Gasteiger partial charge >= 0.3 is 0 Å². The average molecular weight is 410 g/mol. The summed E-state index contributed by atoms with van der Waals surface area (Å²) in [6.45, 7) is 0.711. The van der Waals surface area contributed by atoms with Crippen LogP contribution in [0.4, 0.5) is 5.69 Å². The number of carbonyl (C=O) groups excluding carboxylic acids is 1. The van der Waals surface area contributed by atoms with Crippen molar-refractivity contribution < 1.29 is 9.53 Å². The fourth-order valence-electron chi connectivity index (χ4n) is 2.78. The molecule has 138 valence electrons. The van der Waals surface area contributed by atoms with Gasteiger partial charge in [-0.1, -0.05) is 23.2 Å². The Kier molecular flexibility index (Phi) is 7.12. The van der Waals surface area contributed by atoms with Crippen LogP contribution in [0.2, 0.25) is 10.0 Å². The Morgan fingerprint density at radius 2 is 1.88 bits per heavy atom. The molecule has 6 heteroatoms. The third kappa shape index (κ3) is 5.57. The summed E-state index contributed by atoms with van der Waals surface area (Å²) in [5, 5.41) is 4.09. The Balaban J connectivity index is 1.32. The first kappa shape index (κ1) is 19.4. The van der Waals surface area contributed by atoms with Gasteiger partial charge in [-0.2, -0.15) is 0 Å². The SMILES string of the molecule is O=C1CCc2cc(OCCCCCSc3ccc(Cl)c(Cl)c3)ccc2N1. The van der Waals surface area contributed by atoms with E-state index in [1.165, 1.54) is 0 Å². The van der Waals surface area contributed by atoms with Crippen molar-refractivity contribution in [2.75, 3.05) is 17.7 Å². The summed E-state index contributed by atoms with van der Waals surface area (Å²) in [5.74, 6) is 2.02. The van der Waals surface area contributed by atoms with Gasteiger partial charge in [0.15, 0.2) is 0 Å². The van der Waals surface area contributed by atoms with Crippen molar-refractivity contribution in [3.05, 3.63) is 52.0 Å². The maximum absolute atomic E-state index is 11.4. The molecule has 0 radical (unpaired) electrons. The molecular weight excluding hydrogens is 389 g/mol. The van der Waals surface area contributed by atoms with Crippen molar-refractivity contribution in [1.82, 2.24) is 0 Å². The van der Waals surface area contributed by atoms with E-state index < -0.39 is 0 Å². The third-order valence-corrected chi connectivity index (χ3v) is 6.01. The monoisotopic (exact) mass is 409 g/mol. The van der Waals surface area contributed by atoms with Crippen LogP contribution < -0.4 is 10.1 Å². The topological polar surface area (TPSA) is 38.3 Å². The Morgan fingerprint density at radius 3 is 2.73 bits per heavy atom. The molecule has 0 aliphatic carbocycles. The van der Waals surface area contributed by atoms with Crippen molar-refractivity contribution in [1.29, 1.82) is 0 Å². The minimum absolute atomic E-state index is 0.0879. The van der Waals surface area contributed by atoms with E-state index in [2.05, 4.69) is 5.32 Å². The van der Waals surface area contributed by atoms with Crippen molar-refractivity contribution in [2.45, 2.75) is 37.0 Å². The molecule has 0 saturated heterocycles. The Labute approximate surface area is 168 Å². The molecule has 3 rings (SSSR count). The van der Waals surface area contributed by atoms with Gasteiger partial charge in [-0.05, 0) is 73.4 Å². The van der Waals surface area contributed by atoms with Crippen LogP contribution in [-0.4, -0.2) is 18.3 Å². The normalized spacial score (nSPS) is 13.2. The van der Waals surface area contributed by atoms with Gasteiger partial charge < -0.3 is 10.1 Å². The molecule has 3 nitrogen and oxygen atoms in total. The molecular formula is C20H21Cl2NO2S. The molecule has 2 aromatic carbocycles. The molecule has 26 heavy (non-hydrogen) atoms. The summed E-state index contributed by atoms with van der Waals surface area (Å²) in [6.07, 6.45) is 4.60. The van der Waals surface area contributed by atoms with E-state index in [1.807, 2.05) is 36.4 Å². The van der Waals surface area contributed by atoms with Gasteiger partial charge in [-0.15, -0.1) is 11.8 Å². The summed E-state index contributed by atoms with van der Waals surface area (Å²) in [4.78, 5) is 12.5. The maximum Gasteiger partial charge on any atom is 0.224 e. The number of amides is 1. The predicted molar refractivity (Wildman–Crippen MR) is 110 cm³/mol. The summed E-state index contributed by atoms with van der Waals surface area (Å²) in [7, 11) is 0. The van der Waals surface area contributed by atoms with Gasteiger partial charge in [-0.3, -0.25) is 4.79 Å². The van der Waals surface area contributed by atoms with Crippen LogP contribution in [0.5, 0.6) is 5.75 Å². The van der Waals surface area contributed by atoms with E-state index in [4.69, 9.17) is 27.9 Å². The second-order valence-electron chi connectivity index (χ2n) is 6.20. The molecule has 0 fully saturated rings. The molecule has 0 saturated carbocycles.